The Hall–Kier alpha value is -0.560. The van der Waals surface area contributed by atoms with Crippen LogP contribution in [-0.4, -0.2) is 30.7 Å². The minimum Gasteiger partial charge on any atom is -0.317 e. The average molecular weight is 266 g/mol. The zero-order valence-corrected chi connectivity index (χ0v) is 13.5. The Kier molecular flexibility index (Phi) is 12.1. The fourth-order valence-electron chi connectivity index (χ4n) is 2.85. The molecule has 0 aliphatic carbocycles. The number of unbranched alkanes of at least 4 members (excludes halogenated alkanes) is 6. The van der Waals surface area contributed by atoms with E-state index in [4.69, 9.17) is 0 Å². The molecule has 0 aliphatic rings. The summed E-state index contributed by atoms with van der Waals surface area (Å²) in [7, 11) is 0. The van der Waals surface area contributed by atoms with Gasteiger partial charge in [0.2, 0.25) is 0 Å². The van der Waals surface area contributed by atoms with E-state index in [2.05, 4.69) is 39.2 Å². The molecule has 0 atom stereocenters. The summed E-state index contributed by atoms with van der Waals surface area (Å²) in [5.41, 5.74) is 0. The third-order valence-corrected chi connectivity index (χ3v) is 4.00. The van der Waals surface area contributed by atoms with E-state index in [1.165, 1.54) is 68.9 Å². The van der Waals surface area contributed by atoms with Gasteiger partial charge >= 0.3 is 0 Å². The van der Waals surface area contributed by atoms with E-state index in [9.17, 15) is 0 Å². The highest BCUT2D eigenvalue weighted by Crippen LogP contribution is 2.15. The molecular weight excluding hydrogens is 230 g/mol. The summed E-state index contributed by atoms with van der Waals surface area (Å²) in [6.45, 7) is 17.3. The van der Waals surface area contributed by atoms with Gasteiger partial charge in [0.05, 0.1) is 26.2 Å². The van der Waals surface area contributed by atoms with Crippen LogP contribution in [0, 0.1) is 0 Å². The van der Waals surface area contributed by atoms with Gasteiger partial charge in [-0.25, -0.2) is 0 Å². The maximum atomic E-state index is 3.97. The summed E-state index contributed by atoms with van der Waals surface area (Å²) < 4.78 is 1.18. The van der Waals surface area contributed by atoms with Crippen molar-refractivity contribution >= 4 is 0 Å². The number of rotatable bonds is 14. The average Bonchev–Trinajstić information content (AvgIpc) is 2.41. The molecule has 1 nitrogen and oxygen atoms in total. The maximum absolute atomic E-state index is 3.97. The first-order valence-corrected chi connectivity index (χ1v) is 8.31. The lowest BCUT2D eigenvalue weighted by Crippen LogP contribution is -2.49. The molecule has 0 aromatic rings. The summed E-state index contributed by atoms with van der Waals surface area (Å²) in [5.74, 6) is 0. The van der Waals surface area contributed by atoms with Crippen LogP contribution in [0.4, 0.5) is 0 Å². The van der Waals surface area contributed by atoms with Crippen LogP contribution in [0.5, 0.6) is 0 Å². The van der Waals surface area contributed by atoms with E-state index in [0.717, 1.165) is 13.1 Å². The van der Waals surface area contributed by atoms with Gasteiger partial charge in [0.25, 0.3) is 0 Å². The van der Waals surface area contributed by atoms with Crippen LogP contribution in [0.25, 0.3) is 0 Å². The third-order valence-electron chi connectivity index (χ3n) is 4.00. The molecule has 0 saturated heterocycles. The first kappa shape index (κ1) is 18.4. The topological polar surface area (TPSA) is 0 Å². The predicted octanol–water partition coefficient (Wildman–Crippen LogP) is 5.34. The largest absolute Gasteiger partial charge is 0.317 e. The van der Waals surface area contributed by atoms with Crippen molar-refractivity contribution in [2.45, 2.75) is 65.2 Å². The Morgan fingerprint density at radius 1 is 0.684 bits per heavy atom. The van der Waals surface area contributed by atoms with E-state index < -0.39 is 0 Å². The molecule has 112 valence electrons. The molecule has 0 N–H and O–H groups in total. The minimum absolute atomic E-state index is 1.10. The van der Waals surface area contributed by atoms with Crippen molar-refractivity contribution in [1.82, 2.24) is 0 Å². The van der Waals surface area contributed by atoms with E-state index in [-0.39, 0.29) is 0 Å². The molecule has 0 aromatic carbocycles. The molecular formula is C18H36N+. The van der Waals surface area contributed by atoms with Gasteiger partial charge in [-0.15, -0.1) is 0 Å². The summed E-state index contributed by atoms with van der Waals surface area (Å²) in [4.78, 5) is 0. The first-order valence-electron chi connectivity index (χ1n) is 8.31. The Balaban J connectivity index is 4.29. The van der Waals surface area contributed by atoms with Crippen LogP contribution in [0.1, 0.15) is 65.2 Å². The lowest BCUT2D eigenvalue weighted by Gasteiger charge is -2.37. The first-order chi connectivity index (χ1) is 9.24. The van der Waals surface area contributed by atoms with Gasteiger partial charge in [0, 0.05) is 0 Å². The molecule has 0 aromatic heterocycles. The molecule has 0 heterocycles. The van der Waals surface area contributed by atoms with Crippen molar-refractivity contribution in [3.63, 3.8) is 0 Å². The van der Waals surface area contributed by atoms with Gasteiger partial charge in [-0.2, -0.15) is 0 Å². The molecule has 19 heavy (non-hydrogen) atoms. The second-order valence-corrected chi connectivity index (χ2v) is 5.85. The molecule has 0 saturated carbocycles. The molecule has 1 heteroatoms. The third kappa shape index (κ3) is 9.04. The van der Waals surface area contributed by atoms with Crippen LogP contribution in [0.2, 0.25) is 0 Å². The maximum Gasteiger partial charge on any atom is 0.0973 e. The van der Waals surface area contributed by atoms with E-state index in [1.54, 1.807) is 0 Å². The molecule has 0 aliphatic heterocycles. The highest BCUT2D eigenvalue weighted by Gasteiger charge is 2.23. The molecule has 0 amide bonds. The van der Waals surface area contributed by atoms with E-state index in [0.29, 0.717) is 0 Å². The van der Waals surface area contributed by atoms with Gasteiger partial charge in [-0.3, -0.25) is 0 Å². The molecule has 0 radical (unpaired) electrons. The lowest BCUT2D eigenvalue weighted by molar-refractivity contribution is -0.917. The zero-order valence-electron chi connectivity index (χ0n) is 13.5. The standard InChI is InChI=1S/C18H36N/c1-5-9-11-13-17-19(15-7-3,16-8-4)18-14-12-10-6-2/h7-8H,3-6,9-18H2,1-2H3/q+1. The van der Waals surface area contributed by atoms with Crippen molar-refractivity contribution in [1.29, 1.82) is 0 Å². The van der Waals surface area contributed by atoms with Crippen molar-refractivity contribution < 1.29 is 4.48 Å². The Morgan fingerprint density at radius 3 is 1.42 bits per heavy atom. The quantitative estimate of drug-likeness (QED) is 0.226. The molecule has 0 spiro atoms. The van der Waals surface area contributed by atoms with Gasteiger partial charge in [-0.05, 0) is 37.8 Å². The Bertz CT molecular complexity index is 196. The fourth-order valence-corrected chi connectivity index (χ4v) is 2.85. The number of hydrogen-bond acceptors (Lipinski definition) is 0. The van der Waals surface area contributed by atoms with Crippen molar-refractivity contribution in [2.24, 2.45) is 0 Å². The van der Waals surface area contributed by atoms with Gasteiger partial charge in [0.1, 0.15) is 0 Å². The number of nitrogens with zero attached hydrogens (tertiary/aromatic N) is 1. The van der Waals surface area contributed by atoms with Crippen molar-refractivity contribution in [2.75, 3.05) is 26.2 Å². The minimum atomic E-state index is 1.10. The highest BCUT2D eigenvalue weighted by molar-refractivity contribution is 4.72. The summed E-state index contributed by atoms with van der Waals surface area (Å²) in [6.07, 6.45) is 15.0. The van der Waals surface area contributed by atoms with Crippen molar-refractivity contribution in [3.05, 3.63) is 25.3 Å². The van der Waals surface area contributed by atoms with Crippen molar-refractivity contribution in [3.8, 4) is 0 Å². The van der Waals surface area contributed by atoms with E-state index in [1.807, 2.05) is 0 Å². The van der Waals surface area contributed by atoms with Crippen LogP contribution < -0.4 is 0 Å². The van der Waals surface area contributed by atoms with Gasteiger partial charge in [0.15, 0.2) is 0 Å². The van der Waals surface area contributed by atoms with E-state index >= 15 is 0 Å². The SMILES string of the molecule is C=CC[N+](CC=C)(CCCCCC)CCCCCC. The number of quaternary nitrogens is 1. The number of hydrogen-bond donors (Lipinski definition) is 0. The fraction of sp³-hybridized carbons (Fsp3) is 0.778. The molecule has 0 rings (SSSR count). The monoisotopic (exact) mass is 266 g/mol. The molecule has 0 bridgehead atoms. The summed E-state index contributed by atoms with van der Waals surface area (Å²) >= 11 is 0. The van der Waals surface area contributed by atoms with Crippen LogP contribution >= 0.6 is 0 Å². The predicted molar refractivity (Wildman–Crippen MR) is 88.4 cm³/mol. The zero-order chi connectivity index (χ0) is 14.4. The molecule has 0 unspecified atom stereocenters. The highest BCUT2D eigenvalue weighted by atomic mass is 15.3. The van der Waals surface area contributed by atoms with Crippen LogP contribution in [-0.2, 0) is 0 Å². The lowest BCUT2D eigenvalue weighted by atomic mass is 10.1. The second kappa shape index (κ2) is 12.5. The van der Waals surface area contributed by atoms with Crippen LogP contribution in [0.15, 0.2) is 25.3 Å². The Labute approximate surface area is 122 Å². The summed E-state index contributed by atoms with van der Waals surface area (Å²) in [6, 6.07) is 0. The Morgan fingerprint density at radius 2 is 1.11 bits per heavy atom. The van der Waals surface area contributed by atoms with Gasteiger partial charge < -0.3 is 4.48 Å². The normalized spacial score (nSPS) is 11.5. The smallest absolute Gasteiger partial charge is 0.0973 e. The second-order valence-electron chi connectivity index (χ2n) is 5.85. The van der Waals surface area contributed by atoms with Gasteiger partial charge in [-0.1, -0.05) is 52.7 Å². The molecule has 0 fully saturated rings. The van der Waals surface area contributed by atoms with Crippen LogP contribution in [0.3, 0.4) is 0 Å². The summed E-state index contributed by atoms with van der Waals surface area (Å²) in [5, 5.41) is 0.